The highest BCUT2D eigenvalue weighted by Gasteiger charge is 2.04. The highest BCUT2D eigenvalue weighted by molar-refractivity contribution is 6.04. The lowest BCUT2D eigenvalue weighted by atomic mass is 10.0. The van der Waals surface area contributed by atoms with E-state index in [1.54, 1.807) is 12.3 Å². The summed E-state index contributed by atoms with van der Waals surface area (Å²) in [5, 5.41) is 3.24. The van der Waals surface area contributed by atoms with Gasteiger partial charge in [0.1, 0.15) is 0 Å². The van der Waals surface area contributed by atoms with E-state index in [2.05, 4.69) is 50.4 Å². The van der Waals surface area contributed by atoms with Crippen molar-refractivity contribution < 1.29 is 4.79 Å². The smallest absolute Gasteiger partial charge is 0.187 e. The maximum Gasteiger partial charge on any atom is 0.187 e. The molecule has 3 rings (SSSR count). The second-order valence-electron chi connectivity index (χ2n) is 6.56. The van der Waals surface area contributed by atoms with Crippen molar-refractivity contribution in [3.63, 3.8) is 0 Å². The van der Waals surface area contributed by atoms with Crippen molar-refractivity contribution in [3.8, 4) is 11.1 Å². The van der Waals surface area contributed by atoms with Crippen LogP contribution < -0.4 is 5.32 Å². The Kier molecular flexibility index (Phi) is 5.33. The number of nitrogens with one attached hydrogen (secondary N) is 1. The number of allylic oxidation sites excluding steroid dienone is 1. The quantitative estimate of drug-likeness (QED) is 0.449. The summed E-state index contributed by atoms with van der Waals surface area (Å²) in [5.41, 5.74) is 7.58. The molecule has 2 nitrogen and oxygen atoms in total. The lowest BCUT2D eigenvalue weighted by molar-refractivity contribution is 0.104. The molecule has 0 aromatic heterocycles. The van der Waals surface area contributed by atoms with Crippen LogP contribution >= 0.6 is 0 Å². The van der Waals surface area contributed by atoms with Gasteiger partial charge in [-0.1, -0.05) is 72.3 Å². The molecule has 0 aliphatic heterocycles. The maximum atomic E-state index is 12.4. The zero-order chi connectivity index (χ0) is 18.5. The van der Waals surface area contributed by atoms with Crippen molar-refractivity contribution in [1.29, 1.82) is 0 Å². The van der Waals surface area contributed by atoms with Crippen molar-refractivity contribution in [2.24, 2.45) is 0 Å². The normalized spacial score (nSPS) is 10.9. The van der Waals surface area contributed by atoms with Gasteiger partial charge in [-0.3, -0.25) is 4.79 Å². The third-order valence-electron chi connectivity index (χ3n) is 4.42. The predicted octanol–water partition coefficient (Wildman–Crippen LogP) is 6.09. The number of hydrogen-bond acceptors (Lipinski definition) is 2. The molecule has 0 heterocycles. The van der Waals surface area contributed by atoms with E-state index in [4.69, 9.17) is 0 Å². The van der Waals surface area contributed by atoms with Gasteiger partial charge < -0.3 is 5.32 Å². The Bertz CT molecular complexity index is 915. The van der Waals surface area contributed by atoms with E-state index in [9.17, 15) is 4.79 Å². The number of carbonyl (C=O) groups is 1. The first-order valence-electron chi connectivity index (χ1n) is 8.75. The molecular formula is C24H23NO. The Balaban J connectivity index is 1.69. The molecule has 2 heteroatoms. The van der Waals surface area contributed by atoms with Gasteiger partial charge in [-0.05, 0) is 43.0 Å². The van der Waals surface area contributed by atoms with Crippen LogP contribution in [-0.2, 0) is 0 Å². The minimum atomic E-state index is -0.0143. The summed E-state index contributed by atoms with van der Waals surface area (Å²) in [6.07, 6.45) is 3.30. The standard InChI is InChI=1S/C24H23NO/c1-17-15-18(2)24(19(3)16-17)25-14-13-23(26)22-11-9-21(10-12-22)20-7-5-4-6-8-20/h4-16,25H,1-3H3. The largest absolute Gasteiger partial charge is 0.361 e. The van der Waals surface area contributed by atoms with Crippen molar-refractivity contribution in [1.82, 2.24) is 0 Å². The van der Waals surface area contributed by atoms with Gasteiger partial charge in [0, 0.05) is 23.5 Å². The van der Waals surface area contributed by atoms with Crippen LogP contribution in [0.4, 0.5) is 5.69 Å². The van der Waals surface area contributed by atoms with Crippen LogP contribution in [0.2, 0.25) is 0 Å². The average Bonchev–Trinajstić information content (AvgIpc) is 2.64. The summed E-state index contributed by atoms with van der Waals surface area (Å²) in [4.78, 5) is 12.4. The van der Waals surface area contributed by atoms with Crippen LogP contribution in [0.1, 0.15) is 27.0 Å². The van der Waals surface area contributed by atoms with Crippen LogP contribution in [-0.4, -0.2) is 5.78 Å². The van der Waals surface area contributed by atoms with Crippen LogP contribution in [0.15, 0.2) is 79.0 Å². The lowest BCUT2D eigenvalue weighted by Crippen LogP contribution is -1.99. The zero-order valence-corrected chi connectivity index (χ0v) is 15.4. The van der Waals surface area contributed by atoms with Gasteiger partial charge in [0.2, 0.25) is 0 Å². The number of carbonyl (C=O) groups excluding carboxylic acids is 1. The molecule has 0 saturated carbocycles. The summed E-state index contributed by atoms with van der Waals surface area (Å²) in [6.45, 7) is 6.23. The molecule has 0 amide bonds. The second-order valence-corrected chi connectivity index (χ2v) is 6.56. The number of hydrogen-bond donors (Lipinski definition) is 1. The van der Waals surface area contributed by atoms with Gasteiger partial charge >= 0.3 is 0 Å². The predicted molar refractivity (Wildman–Crippen MR) is 110 cm³/mol. The highest BCUT2D eigenvalue weighted by Crippen LogP contribution is 2.22. The number of rotatable bonds is 5. The van der Waals surface area contributed by atoms with E-state index in [0.717, 1.165) is 16.8 Å². The summed E-state index contributed by atoms with van der Waals surface area (Å²) < 4.78 is 0. The van der Waals surface area contributed by atoms with E-state index < -0.39 is 0 Å². The summed E-state index contributed by atoms with van der Waals surface area (Å²) >= 11 is 0. The molecule has 3 aromatic rings. The van der Waals surface area contributed by atoms with Gasteiger partial charge in [-0.25, -0.2) is 0 Å². The fourth-order valence-electron chi connectivity index (χ4n) is 3.16. The fraction of sp³-hybridized carbons (Fsp3) is 0.125. The van der Waals surface area contributed by atoms with Gasteiger partial charge in [0.15, 0.2) is 5.78 Å². The first-order valence-corrected chi connectivity index (χ1v) is 8.75. The number of ketones is 1. The second kappa shape index (κ2) is 7.83. The molecule has 0 fully saturated rings. The van der Waals surface area contributed by atoms with E-state index in [-0.39, 0.29) is 5.78 Å². The van der Waals surface area contributed by atoms with Gasteiger partial charge in [-0.15, -0.1) is 0 Å². The van der Waals surface area contributed by atoms with Crippen LogP contribution in [0, 0.1) is 20.8 Å². The molecule has 0 spiro atoms. The molecule has 0 radical (unpaired) electrons. The molecule has 26 heavy (non-hydrogen) atoms. The molecule has 0 bridgehead atoms. The molecule has 0 aliphatic carbocycles. The molecule has 3 aromatic carbocycles. The molecule has 1 N–H and O–H groups in total. The van der Waals surface area contributed by atoms with Crippen molar-refractivity contribution >= 4 is 11.5 Å². The summed E-state index contributed by atoms with van der Waals surface area (Å²) in [6, 6.07) is 22.1. The molecule has 0 saturated heterocycles. The Morgan fingerprint density at radius 3 is 2.00 bits per heavy atom. The lowest BCUT2D eigenvalue weighted by Gasteiger charge is -2.10. The Hall–Kier alpha value is -3.13. The number of anilines is 1. The Morgan fingerprint density at radius 1 is 0.808 bits per heavy atom. The molecular weight excluding hydrogens is 318 g/mol. The van der Waals surface area contributed by atoms with Crippen LogP contribution in [0.25, 0.3) is 11.1 Å². The first kappa shape index (κ1) is 17.7. The monoisotopic (exact) mass is 341 g/mol. The Morgan fingerprint density at radius 2 is 1.38 bits per heavy atom. The third-order valence-corrected chi connectivity index (χ3v) is 4.42. The first-order chi connectivity index (χ1) is 12.5. The minimum Gasteiger partial charge on any atom is -0.361 e. The van der Waals surface area contributed by atoms with E-state index in [0.29, 0.717) is 5.56 Å². The Labute approximate surface area is 155 Å². The molecule has 0 aliphatic rings. The summed E-state index contributed by atoms with van der Waals surface area (Å²) in [7, 11) is 0. The summed E-state index contributed by atoms with van der Waals surface area (Å²) in [5.74, 6) is -0.0143. The zero-order valence-electron chi connectivity index (χ0n) is 15.4. The molecule has 0 atom stereocenters. The van der Waals surface area contributed by atoms with E-state index >= 15 is 0 Å². The van der Waals surface area contributed by atoms with Crippen molar-refractivity contribution in [3.05, 3.63) is 101 Å². The molecule has 0 unspecified atom stereocenters. The highest BCUT2D eigenvalue weighted by atomic mass is 16.1. The third kappa shape index (κ3) is 4.09. The minimum absolute atomic E-state index is 0.0143. The SMILES string of the molecule is Cc1cc(C)c(NC=CC(=O)c2ccc(-c3ccccc3)cc2)c(C)c1. The molecule has 130 valence electrons. The van der Waals surface area contributed by atoms with Crippen LogP contribution in [0.3, 0.4) is 0 Å². The fourth-order valence-corrected chi connectivity index (χ4v) is 3.16. The van der Waals surface area contributed by atoms with Crippen molar-refractivity contribution in [2.75, 3.05) is 5.32 Å². The van der Waals surface area contributed by atoms with E-state index in [1.807, 2.05) is 42.5 Å². The van der Waals surface area contributed by atoms with Gasteiger partial charge in [-0.2, -0.15) is 0 Å². The number of aryl methyl sites for hydroxylation is 3. The number of benzene rings is 3. The van der Waals surface area contributed by atoms with E-state index in [1.165, 1.54) is 16.7 Å². The van der Waals surface area contributed by atoms with Gasteiger partial charge in [0.25, 0.3) is 0 Å². The maximum absolute atomic E-state index is 12.4. The van der Waals surface area contributed by atoms with Crippen molar-refractivity contribution in [2.45, 2.75) is 20.8 Å². The topological polar surface area (TPSA) is 29.1 Å². The van der Waals surface area contributed by atoms with Gasteiger partial charge in [0.05, 0.1) is 0 Å². The average molecular weight is 341 g/mol. The van der Waals surface area contributed by atoms with Crippen LogP contribution in [0.5, 0.6) is 0 Å².